The van der Waals surface area contributed by atoms with Crippen LogP contribution < -0.4 is 0 Å². The van der Waals surface area contributed by atoms with E-state index in [9.17, 15) is 9.59 Å². The SMILES string of the molecule is C[C@]12CCCC[C@@H]1CC[C@@H]1[C@@H]2C(=O)C[C@]2(C)C(C=O)=CC[C@@H]12. The molecular weight excluding hydrogens is 272 g/mol. The summed E-state index contributed by atoms with van der Waals surface area (Å²) in [6.07, 6.45) is 12.5. The highest BCUT2D eigenvalue weighted by Gasteiger charge is 2.61. The van der Waals surface area contributed by atoms with Gasteiger partial charge < -0.3 is 0 Å². The van der Waals surface area contributed by atoms with E-state index in [4.69, 9.17) is 0 Å². The van der Waals surface area contributed by atoms with Gasteiger partial charge in [0.2, 0.25) is 0 Å². The first kappa shape index (κ1) is 14.7. The van der Waals surface area contributed by atoms with Crippen molar-refractivity contribution in [3.63, 3.8) is 0 Å². The highest BCUT2D eigenvalue weighted by molar-refractivity contribution is 5.88. The molecule has 0 aromatic rings. The van der Waals surface area contributed by atoms with Crippen molar-refractivity contribution in [2.24, 2.45) is 34.5 Å². The molecule has 4 aliphatic carbocycles. The number of Topliss-reactive ketones (excluding diaryl/α,β-unsaturated/α-hetero) is 1. The number of rotatable bonds is 1. The van der Waals surface area contributed by atoms with Gasteiger partial charge in [0.25, 0.3) is 0 Å². The van der Waals surface area contributed by atoms with Crippen molar-refractivity contribution in [1.82, 2.24) is 0 Å². The molecule has 0 aromatic heterocycles. The molecule has 0 bridgehead atoms. The highest BCUT2D eigenvalue weighted by atomic mass is 16.1. The second-order valence-electron chi connectivity index (χ2n) is 8.85. The van der Waals surface area contributed by atoms with Crippen LogP contribution in [-0.2, 0) is 9.59 Å². The summed E-state index contributed by atoms with van der Waals surface area (Å²) in [7, 11) is 0. The Morgan fingerprint density at radius 2 is 2.00 bits per heavy atom. The Labute approximate surface area is 133 Å². The molecule has 22 heavy (non-hydrogen) atoms. The van der Waals surface area contributed by atoms with E-state index in [0.717, 1.165) is 24.2 Å². The van der Waals surface area contributed by atoms with Gasteiger partial charge in [0.05, 0.1) is 0 Å². The van der Waals surface area contributed by atoms with Crippen molar-refractivity contribution in [3.05, 3.63) is 11.6 Å². The van der Waals surface area contributed by atoms with Gasteiger partial charge in [-0.3, -0.25) is 9.59 Å². The molecule has 0 spiro atoms. The van der Waals surface area contributed by atoms with Crippen molar-refractivity contribution < 1.29 is 9.59 Å². The molecule has 0 unspecified atom stereocenters. The van der Waals surface area contributed by atoms with Crippen LogP contribution in [0.3, 0.4) is 0 Å². The Morgan fingerprint density at radius 1 is 1.18 bits per heavy atom. The average molecular weight is 300 g/mol. The van der Waals surface area contributed by atoms with Gasteiger partial charge in [0, 0.05) is 17.8 Å². The third-order valence-corrected chi connectivity index (χ3v) is 8.04. The summed E-state index contributed by atoms with van der Waals surface area (Å²) in [6, 6.07) is 0. The molecule has 0 saturated heterocycles. The van der Waals surface area contributed by atoms with E-state index in [1.165, 1.54) is 38.5 Å². The van der Waals surface area contributed by atoms with E-state index >= 15 is 0 Å². The van der Waals surface area contributed by atoms with Gasteiger partial charge in [-0.25, -0.2) is 0 Å². The van der Waals surface area contributed by atoms with Crippen LogP contribution in [0.1, 0.15) is 65.2 Å². The largest absolute Gasteiger partial charge is 0.299 e. The van der Waals surface area contributed by atoms with Crippen molar-refractivity contribution >= 4 is 12.1 Å². The van der Waals surface area contributed by atoms with Crippen molar-refractivity contribution in [2.75, 3.05) is 0 Å². The third kappa shape index (κ3) is 1.73. The lowest BCUT2D eigenvalue weighted by atomic mass is 9.44. The van der Waals surface area contributed by atoms with E-state index in [-0.39, 0.29) is 16.7 Å². The standard InChI is InChI=1S/C20H28O2/c1-19-10-4-3-5-13(19)6-8-15-16-9-7-14(12-21)20(16,2)11-17(22)18(15)19/h7,12-13,15-16,18H,3-6,8-11H2,1-2H3/t13-,15+,16+,18-,19+,20-/m1/s1. The fourth-order valence-electron chi connectivity index (χ4n) is 6.90. The summed E-state index contributed by atoms with van der Waals surface area (Å²) in [6.45, 7) is 4.59. The fourth-order valence-corrected chi connectivity index (χ4v) is 6.90. The topological polar surface area (TPSA) is 34.1 Å². The highest BCUT2D eigenvalue weighted by Crippen LogP contribution is 2.64. The minimum Gasteiger partial charge on any atom is -0.299 e. The van der Waals surface area contributed by atoms with Gasteiger partial charge in [0.1, 0.15) is 12.1 Å². The predicted molar refractivity (Wildman–Crippen MR) is 86.3 cm³/mol. The van der Waals surface area contributed by atoms with Gasteiger partial charge in [-0.15, -0.1) is 0 Å². The van der Waals surface area contributed by atoms with Gasteiger partial charge >= 0.3 is 0 Å². The van der Waals surface area contributed by atoms with Crippen molar-refractivity contribution in [3.8, 4) is 0 Å². The molecule has 0 aromatic carbocycles. The van der Waals surface area contributed by atoms with E-state index < -0.39 is 0 Å². The number of fused-ring (bicyclic) bond motifs is 5. The second-order valence-corrected chi connectivity index (χ2v) is 8.85. The molecule has 2 nitrogen and oxygen atoms in total. The molecule has 3 saturated carbocycles. The molecule has 6 atom stereocenters. The molecular formula is C20H28O2. The number of hydrogen-bond donors (Lipinski definition) is 0. The second kappa shape index (κ2) is 4.79. The number of hydrogen-bond acceptors (Lipinski definition) is 2. The Hall–Kier alpha value is -0.920. The predicted octanol–water partition coefficient (Wildman–Crippen LogP) is 4.33. The van der Waals surface area contributed by atoms with Gasteiger partial charge in [-0.2, -0.15) is 0 Å². The summed E-state index contributed by atoms with van der Waals surface area (Å²) in [5, 5.41) is 0. The average Bonchev–Trinajstić information content (AvgIpc) is 2.82. The van der Waals surface area contributed by atoms with Crippen LogP contribution in [0.25, 0.3) is 0 Å². The number of ketones is 1. The van der Waals surface area contributed by atoms with E-state index in [1.54, 1.807) is 0 Å². The molecule has 2 heteroatoms. The van der Waals surface area contributed by atoms with E-state index in [1.807, 2.05) is 0 Å². The normalized spacial score (nSPS) is 50.6. The van der Waals surface area contributed by atoms with Crippen molar-refractivity contribution in [1.29, 1.82) is 0 Å². The molecule has 0 N–H and O–H groups in total. The maximum absolute atomic E-state index is 13.2. The molecule has 120 valence electrons. The van der Waals surface area contributed by atoms with Crippen LogP contribution in [0.15, 0.2) is 11.6 Å². The zero-order chi connectivity index (χ0) is 15.5. The van der Waals surface area contributed by atoms with Gasteiger partial charge in [-0.05, 0) is 60.8 Å². The van der Waals surface area contributed by atoms with E-state index in [0.29, 0.717) is 24.0 Å². The maximum atomic E-state index is 13.2. The first-order valence-electron chi connectivity index (χ1n) is 9.19. The van der Waals surface area contributed by atoms with Crippen LogP contribution >= 0.6 is 0 Å². The summed E-state index contributed by atoms with van der Waals surface area (Å²) in [4.78, 5) is 24.6. The summed E-state index contributed by atoms with van der Waals surface area (Å²) >= 11 is 0. The summed E-state index contributed by atoms with van der Waals surface area (Å²) in [5.74, 6) is 2.53. The van der Waals surface area contributed by atoms with Crippen LogP contribution in [0.4, 0.5) is 0 Å². The van der Waals surface area contributed by atoms with Crippen LogP contribution in [0.2, 0.25) is 0 Å². The molecule has 0 aliphatic heterocycles. The molecule has 0 amide bonds. The van der Waals surface area contributed by atoms with Crippen LogP contribution in [0.5, 0.6) is 0 Å². The first-order valence-corrected chi connectivity index (χ1v) is 9.19. The van der Waals surface area contributed by atoms with Crippen molar-refractivity contribution in [2.45, 2.75) is 65.2 Å². The minimum absolute atomic E-state index is 0.169. The Morgan fingerprint density at radius 3 is 2.77 bits per heavy atom. The minimum atomic E-state index is -0.169. The van der Waals surface area contributed by atoms with Gasteiger partial charge in [-0.1, -0.05) is 32.8 Å². The first-order chi connectivity index (χ1) is 10.5. The van der Waals surface area contributed by atoms with Crippen LogP contribution in [-0.4, -0.2) is 12.1 Å². The molecule has 0 heterocycles. The summed E-state index contributed by atoms with van der Waals surface area (Å²) in [5.41, 5.74) is 0.974. The lowest BCUT2D eigenvalue weighted by Crippen LogP contribution is -2.56. The maximum Gasteiger partial charge on any atom is 0.146 e. The fraction of sp³-hybridized carbons (Fsp3) is 0.800. The van der Waals surface area contributed by atoms with Crippen LogP contribution in [0, 0.1) is 34.5 Å². The zero-order valence-corrected chi connectivity index (χ0v) is 13.9. The number of allylic oxidation sites excluding steroid dienone is 2. The number of aldehydes is 1. The monoisotopic (exact) mass is 300 g/mol. The Balaban J connectivity index is 1.72. The lowest BCUT2D eigenvalue weighted by Gasteiger charge is -2.59. The Bertz CT molecular complexity index is 548. The lowest BCUT2D eigenvalue weighted by molar-refractivity contribution is -0.153. The summed E-state index contributed by atoms with van der Waals surface area (Å²) < 4.78 is 0. The molecule has 4 rings (SSSR count). The number of carbonyl (C=O) groups is 2. The third-order valence-electron chi connectivity index (χ3n) is 8.04. The quantitative estimate of drug-likeness (QED) is 0.675. The molecule has 0 radical (unpaired) electrons. The molecule has 3 fully saturated rings. The van der Waals surface area contributed by atoms with E-state index in [2.05, 4.69) is 19.9 Å². The van der Waals surface area contributed by atoms with Gasteiger partial charge in [0.15, 0.2) is 0 Å². The smallest absolute Gasteiger partial charge is 0.146 e. The zero-order valence-electron chi connectivity index (χ0n) is 13.9. The Kier molecular flexibility index (Phi) is 3.19. The number of carbonyl (C=O) groups excluding carboxylic acids is 2. The molecule has 4 aliphatic rings.